The minimum absolute atomic E-state index is 0.0358. The van der Waals surface area contributed by atoms with E-state index in [0.29, 0.717) is 19.5 Å². The predicted molar refractivity (Wildman–Crippen MR) is 63.7 cm³/mol. The average molecular weight is 229 g/mol. The lowest BCUT2D eigenvalue weighted by Crippen LogP contribution is -2.38. The van der Waals surface area contributed by atoms with Crippen LogP contribution in [0.4, 0.5) is 0 Å². The molecule has 0 aliphatic carbocycles. The molecule has 2 amide bonds. The SMILES string of the molecule is CNC(=O)C(C)CN(C)C(=O)CC(C)CN. The molecule has 0 heterocycles. The molecule has 0 bridgehead atoms. The highest BCUT2D eigenvalue weighted by Gasteiger charge is 2.18. The van der Waals surface area contributed by atoms with Crippen LogP contribution in [0.3, 0.4) is 0 Å². The minimum Gasteiger partial charge on any atom is -0.359 e. The van der Waals surface area contributed by atoms with Crippen molar-refractivity contribution in [1.29, 1.82) is 0 Å². The number of rotatable bonds is 6. The van der Waals surface area contributed by atoms with E-state index in [1.807, 2.05) is 6.92 Å². The van der Waals surface area contributed by atoms with Crippen LogP contribution in [0.5, 0.6) is 0 Å². The van der Waals surface area contributed by atoms with E-state index in [-0.39, 0.29) is 23.7 Å². The Bertz CT molecular complexity index is 243. The fourth-order valence-corrected chi connectivity index (χ4v) is 1.38. The van der Waals surface area contributed by atoms with E-state index >= 15 is 0 Å². The molecule has 0 radical (unpaired) electrons. The summed E-state index contributed by atoms with van der Waals surface area (Å²) in [6, 6.07) is 0. The third-order valence-corrected chi connectivity index (χ3v) is 2.59. The summed E-state index contributed by atoms with van der Waals surface area (Å²) < 4.78 is 0. The van der Waals surface area contributed by atoms with Crippen molar-refractivity contribution < 1.29 is 9.59 Å². The van der Waals surface area contributed by atoms with E-state index in [1.165, 1.54) is 0 Å². The average Bonchev–Trinajstić information content (AvgIpc) is 2.27. The molecule has 0 aromatic rings. The van der Waals surface area contributed by atoms with Gasteiger partial charge in [0.25, 0.3) is 0 Å². The van der Waals surface area contributed by atoms with Crippen molar-refractivity contribution in [3.63, 3.8) is 0 Å². The Labute approximate surface area is 97.4 Å². The maximum atomic E-state index is 11.7. The molecule has 2 unspecified atom stereocenters. The molecule has 0 aromatic heterocycles. The predicted octanol–water partition coefficient (Wildman–Crippen LogP) is -0.188. The molecule has 0 saturated heterocycles. The quantitative estimate of drug-likeness (QED) is 0.663. The smallest absolute Gasteiger partial charge is 0.224 e. The van der Waals surface area contributed by atoms with Crippen LogP contribution in [-0.2, 0) is 9.59 Å². The Morgan fingerprint density at radius 3 is 2.38 bits per heavy atom. The van der Waals surface area contributed by atoms with E-state index in [1.54, 1.807) is 25.9 Å². The highest BCUT2D eigenvalue weighted by atomic mass is 16.2. The lowest BCUT2D eigenvalue weighted by atomic mass is 10.1. The van der Waals surface area contributed by atoms with Crippen LogP contribution >= 0.6 is 0 Å². The topological polar surface area (TPSA) is 75.4 Å². The van der Waals surface area contributed by atoms with Gasteiger partial charge in [-0.15, -0.1) is 0 Å². The van der Waals surface area contributed by atoms with Crippen molar-refractivity contribution in [2.45, 2.75) is 20.3 Å². The summed E-state index contributed by atoms with van der Waals surface area (Å²) >= 11 is 0. The van der Waals surface area contributed by atoms with Crippen LogP contribution in [-0.4, -0.2) is 43.9 Å². The van der Waals surface area contributed by atoms with Crippen LogP contribution in [0.1, 0.15) is 20.3 Å². The molecule has 0 saturated carbocycles. The zero-order valence-corrected chi connectivity index (χ0v) is 10.6. The van der Waals surface area contributed by atoms with Crippen LogP contribution in [0.2, 0.25) is 0 Å². The molecule has 5 nitrogen and oxygen atoms in total. The summed E-state index contributed by atoms with van der Waals surface area (Å²) in [5.41, 5.74) is 5.46. The van der Waals surface area contributed by atoms with E-state index in [4.69, 9.17) is 5.73 Å². The van der Waals surface area contributed by atoms with Crippen molar-refractivity contribution in [1.82, 2.24) is 10.2 Å². The first-order valence-corrected chi connectivity index (χ1v) is 5.58. The second-order valence-corrected chi connectivity index (χ2v) is 4.33. The summed E-state index contributed by atoms with van der Waals surface area (Å²) in [4.78, 5) is 24.6. The molecule has 0 fully saturated rings. The standard InChI is InChI=1S/C11H23N3O2/c1-8(6-12)5-10(15)14(4)7-9(2)11(16)13-3/h8-9H,5-7,12H2,1-4H3,(H,13,16). The van der Waals surface area contributed by atoms with Gasteiger partial charge in [-0.05, 0) is 12.5 Å². The van der Waals surface area contributed by atoms with Crippen LogP contribution in [0.25, 0.3) is 0 Å². The van der Waals surface area contributed by atoms with Gasteiger partial charge in [0.1, 0.15) is 0 Å². The lowest BCUT2D eigenvalue weighted by molar-refractivity contribution is -0.132. The van der Waals surface area contributed by atoms with Gasteiger partial charge in [-0.25, -0.2) is 0 Å². The van der Waals surface area contributed by atoms with Gasteiger partial charge >= 0.3 is 0 Å². The van der Waals surface area contributed by atoms with Crippen molar-refractivity contribution >= 4 is 11.8 Å². The molecule has 5 heteroatoms. The normalized spacial score (nSPS) is 14.1. The largest absolute Gasteiger partial charge is 0.359 e. The number of nitrogens with zero attached hydrogens (tertiary/aromatic N) is 1. The summed E-state index contributed by atoms with van der Waals surface area (Å²) in [7, 11) is 3.31. The highest BCUT2D eigenvalue weighted by Crippen LogP contribution is 2.05. The van der Waals surface area contributed by atoms with Crippen molar-refractivity contribution in [3.8, 4) is 0 Å². The maximum absolute atomic E-state index is 11.7. The van der Waals surface area contributed by atoms with Crippen LogP contribution in [0, 0.1) is 11.8 Å². The zero-order chi connectivity index (χ0) is 12.7. The Balaban J connectivity index is 4.09. The number of nitrogens with two attached hydrogens (primary N) is 1. The third-order valence-electron chi connectivity index (χ3n) is 2.59. The molecule has 0 aliphatic heterocycles. The molecule has 0 aliphatic rings. The third kappa shape index (κ3) is 5.11. The second-order valence-electron chi connectivity index (χ2n) is 4.33. The van der Waals surface area contributed by atoms with Gasteiger partial charge in [0, 0.05) is 27.1 Å². The number of carbonyl (C=O) groups is 2. The zero-order valence-electron chi connectivity index (χ0n) is 10.6. The highest BCUT2D eigenvalue weighted by molar-refractivity contribution is 5.80. The van der Waals surface area contributed by atoms with E-state index in [9.17, 15) is 9.59 Å². The number of nitrogens with one attached hydrogen (secondary N) is 1. The van der Waals surface area contributed by atoms with Crippen LogP contribution in [0.15, 0.2) is 0 Å². The number of hydrogen-bond donors (Lipinski definition) is 2. The second kappa shape index (κ2) is 7.22. The Morgan fingerprint density at radius 2 is 1.94 bits per heavy atom. The van der Waals surface area contributed by atoms with Crippen molar-refractivity contribution in [2.75, 3.05) is 27.2 Å². The van der Waals surface area contributed by atoms with Gasteiger partial charge in [0.05, 0.1) is 5.92 Å². The fraction of sp³-hybridized carbons (Fsp3) is 0.818. The summed E-state index contributed by atoms with van der Waals surface area (Å²) in [6.45, 7) is 4.68. The molecule has 0 rings (SSSR count). The van der Waals surface area contributed by atoms with Crippen LogP contribution < -0.4 is 11.1 Å². The summed E-state index contributed by atoms with van der Waals surface area (Å²) in [6.07, 6.45) is 0.438. The number of carbonyl (C=O) groups excluding carboxylic acids is 2. The first kappa shape index (κ1) is 14.9. The molecule has 2 atom stereocenters. The minimum atomic E-state index is -0.188. The molecule has 0 spiro atoms. The van der Waals surface area contributed by atoms with E-state index in [0.717, 1.165) is 0 Å². The van der Waals surface area contributed by atoms with Crippen molar-refractivity contribution in [2.24, 2.45) is 17.6 Å². The first-order valence-electron chi connectivity index (χ1n) is 5.58. The Hall–Kier alpha value is -1.10. The van der Waals surface area contributed by atoms with Gasteiger partial charge in [-0.2, -0.15) is 0 Å². The Kier molecular flexibility index (Phi) is 6.72. The number of amides is 2. The summed E-state index contributed by atoms with van der Waals surface area (Å²) in [5.74, 6) is -0.0161. The molecular formula is C11H23N3O2. The summed E-state index contributed by atoms with van der Waals surface area (Å²) in [5, 5.41) is 2.56. The maximum Gasteiger partial charge on any atom is 0.224 e. The molecule has 16 heavy (non-hydrogen) atoms. The van der Waals surface area contributed by atoms with Gasteiger partial charge in [0.15, 0.2) is 0 Å². The van der Waals surface area contributed by atoms with Gasteiger partial charge < -0.3 is 16.0 Å². The molecule has 0 aromatic carbocycles. The number of hydrogen-bond acceptors (Lipinski definition) is 3. The van der Waals surface area contributed by atoms with Gasteiger partial charge in [-0.3, -0.25) is 9.59 Å². The van der Waals surface area contributed by atoms with Gasteiger partial charge in [-0.1, -0.05) is 13.8 Å². The molecular weight excluding hydrogens is 206 g/mol. The lowest BCUT2D eigenvalue weighted by Gasteiger charge is -2.22. The Morgan fingerprint density at radius 1 is 1.38 bits per heavy atom. The van der Waals surface area contributed by atoms with Crippen molar-refractivity contribution in [3.05, 3.63) is 0 Å². The van der Waals surface area contributed by atoms with E-state index < -0.39 is 0 Å². The van der Waals surface area contributed by atoms with E-state index in [2.05, 4.69) is 5.32 Å². The van der Waals surface area contributed by atoms with Gasteiger partial charge in [0.2, 0.25) is 11.8 Å². The first-order chi connectivity index (χ1) is 7.42. The molecule has 3 N–H and O–H groups in total. The molecule has 94 valence electrons. The fourth-order valence-electron chi connectivity index (χ4n) is 1.38. The monoisotopic (exact) mass is 229 g/mol.